The zero-order chi connectivity index (χ0) is 23.8. The second kappa shape index (κ2) is 9.03. The molecule has 1 aliphatic heterocycles. The molecule has 5 aromatic rings. The van der Waals surface area contributed by atoms with Crippen molar-refractivity contribution < 1.29 is 13.6 Å². The zero-order valence-corrected chi connectivity index (χ0v) is 19.5. The topological polar surface area (TPSA) is 79.8 Å². The van der Waals surface area contributed by atoms with Crippen LogP contribution in [0.1, 0.15) is 0 Å². The maximum atomic E-state index is 13.2. The Morgan fingerprint density at radius 3 is 2.54 bits per heavy atom. The van der Waals surface area contributed by atoms with E-state index in [-0.39, 0.29) is 17.5 Å². The average Bonchev–Trinajstić information content (AvgIpc) is 3.58. The Kier molecular flexibility index (Phi) is 5.57. The molecule has 0 N–H and O–H groups in total. The highest BCUT2D eigenvalue weighted by molar-refractivity contribution is 7.99. The second-order valence-corrected chi connectivity index (χ2v) is 9.15. The lowest BCUT2D eigenvalue weighted by atomic mass is 10.2. The second-order valence-electron chi connectivity index (χ2n) is 8.20. The first-order valence-electron chi connectivity index (χ1n) is 11.3. The van der Waals surface area contributed by atoms with E-state index in [1.807, 2.05) is 45.7 Å². The lowest BCUT2D eigenvalue weighted by Gasteiger charge is -2.36. The SMILES string of the molecule is O=C(CSc1nnc2c3ccccc3nc(-c3ccco3)n12)N1CCN(c2ccc(F)cc2)CC1. The fourth-order valence-corrected chi connectivity index (χ4v) is 5.14. The first-order chi connectivity index (χ1) is 17.2. The summed E-state index contributed by atoms with van der Waals surface area (Å²) in [5, 5.41) is 10.3. The molecular formula is C25H21FN6O2S. The number of hydrogen-bond donors (Lipinski definition) is 0. The van der Waals surface area contributed by atoms with Gasteiger partial charge in [-0.2, -0.15) is 0 Å². The molecule has 1 saturated heterocycles. The van der Waals surface area contributed by atoms with Gasteiger partial charge in [0.05, 0.1) is 17.5 Å². The first-order valence-corrected chi connectivity index (χ1v) is 12.2. The van der Waals surface area contributed by atoms with E-state index in [2.05, 4.69) is 15.1 Å². The van der Waals surface area contributed by atoms with Gasteiger partial charge in [0.15, 0.2) is 22.4 Å². The van der Waals surface area contributed by atoms with Gasteiger partial charge in [0.25, 0.3) is 0 Å². The number of fused-ring (bicyclic) bond motifs is 3. The van der Waals surface area contributed by atoms with E-state index in [4.69, 9.17) is 9.40 Å². The van der Waals surface area contributed by atoms with E-state index in [9.17, 15) is 9.18 Å². The van der Waals surface area contributed by atoms with Crippen LogP contribution in [0.4, 0.5) is 10.1 Å². The van der Waals surface area contributed by atoms with Crippen LogP contribution in [0.2, 0.25) is 0 Å². The quantitative estimate of drug-likeness (QED) is 0.344. The minimum absolute atomic E-state index is 0.0406. The van der Waals surface area contributed by atoms with Gasteiger partial charge in [-0.25, -0.2) is 9.37 Å². The van der Waals surface area contributed by atoms with Crippen molar-refractivity contribution in [3.8, 4) is 11.6 Å². The number of piperazine rings is 1. The van der Waals surface area contributed by atoms with Crippen molar-refractivity contribution in [1.82, 2.24) is 24.5 Å². The largest absolute Gasteiger partial charge is 0.461 e. The number of aromatic nitrogens is 4. The van der Waals surface area contributed by atoms with Crippen molar-refractivity contribution in [2.45, 2.75) is 5.16 Å². The van der Waals surface area contributed by atoms with Crippen molar-refractivity contribution in [2.24, 2.45) is 0 Å². The highest BCUT2D eigenvalue weighted by Gasteiger charge is 2.23. The number of furan rings is 1. The lowest BCUT2D eigenvalue weighted by molar-refractivity contribution is -0.128. The van der Waals surface area contributed by atoms with Crippen molar-refractivity contribution in [2.75, 3.05) is 36.8 Å². The van der Waals surface area contributed by atoms with Crippen LogP contribution >= 0.6 is 11.8 Å². The summed E-state index contributed by atoms with van der Waals surface area (Å²) < 4.78 is 20.7. The summed E-state index contributed by atoms with van der Waals surface area (Å²) in [4.78, 5) is 21.8. The molecule has 0 radical (unpaired) electrons. The van der Waals surface area contributed by atoms with Gasteiger partial charge in [0, 0.05) is 37.3 Å². The minimum Gasteiger partial charge on any atom is -0.461 e. The number of hydrogen-bond acceptors (Lipinski definition) is 7. The molecule has 0 spiro atoms. The van der Waals surface area contributed by atoms with Gasteiger partial charge < -0.3 is 14.2 Å². The van der Waals surface area contributed by atoms with E-state index in [0.717, 1.165) is 16.6 Å². The van der Waals surface area contributed by atoms with Crippen LogP contribution in [-0.2, 0) is 4.79 Å². The molecule has 8 nitrogen and oxygen atoms in total. The van der Waals surface area contributed by atoms with Crippen LogP contribution in [0.15, 0.2) is 76.5 Å². The zero-order valence-electron chi connectivity index (χ0n) is 18.7. The van der Waals surface area contributed by atoms with Gasteiger partial charge in [-0.15, -0.1) is 10.2 Å². The molecule has 0 bridgehead atoms. The summed E-state index contributed by atoms with van der Waals surface area (Å²) in [6.07, 6.45) is 1.60. The third-order valence-corrected chi connectivity index (χ3v) is 7.02. The molecular weight excluding hydrogens is 467 g/mol. The Hall–Kier alpha value is -3.92. The summed E-state index contributed by atoms with van der Waals surface area (Å²) in [5.74, 6) is 1.22. The molecule has 1 fully saturated rings. The fourth-order valence-electron chi connectivity index (χ4n) is 4.31. The summed E-state index contributed by atoms with van der Waals surface area (Å²) in [5.41, 5.74) is 2.43. The molecule has 0 saturated carbocycles. The first kappa shape index (κ1) is 21.6. The minimum atomic E-state index is -0.251. The van der Waals surface area contributed by atoms with Crippen molar-refractivity contribution >= 4 is 39.9 Å². The van der Waals surface area contributed by atoms with Crippen molar-refractivity contribution in [3.05, 3.63) is 72.7 Å². The van der Waals surface area contributed by atoms with Crippen molar-refractivity contribution in [1.29, 1.82) is 0 Å². The third-order valence-electron chi connectivity index (χ3n) is 6.11. The highest BCUT2D eigenvalue weighted by atomic mass is 32.2. The Morgan fingerprint density at radius 2 is 1.77 bits per heavy atom. The van der Waals surface area contributed by atoms with Crippen LogP contribution in [0.5, 0.6) is 0 Å². The van der Waals surface area contributed by atoms with E-state index in [0.29, 0.717) is 48.6 Å². The molecule has 6 rings (SSSR count). The molecule has 4 heterocycles. The number of nitrogens with zero attached hydrogens (tertiary/aromatic N) is 6. The van der Waals surface area contributed by atoms with Gasteiger partial charge in [0.2, 0.25) is 5.91 Å². The number of carbonyl (C=O) groups excluding carboxylic acids is 1. The predicted octanol–water partition coefficient (Wildman–Crippen LogP) is 4.12. The Morgan fingerprint density at radius 1 is 0.971 bits per heavy atom. The Labute approximate surface area is 204 Å². The van der Waals surface area contributed by atoms with Gasteiger partial charge in [0.1, 0.15) is 5.82 Å². The number of rotatable bonds is 5. The number of halogens is 1. The van der Waals surface area contributed by atoms with Crippen LogP contribution in [-0.4, -0.2) is 62.3 Å². The number of amides is 1. The van der Waals surface area contributed by atoms with E-state index in [1.165, 1.54) is 23.9 Å². The predicted molar refractivity (Wildman–Crippen MR) is 132 cm³/mol. The van der Waals surface area contributed by atoms with Crippen LogP contribution < -0.4 is 4.90 Å². The molecule has 0 unspecified atom stereocenters. The molecule has 35 heavy (non-hydrogen) atoms. The number of benzene rings is 2. The maximum absolute atomic E-state index is 13.2. The number of para-hydroxylation sites is 1. The molecule has 176 valence electrons. The number of thioether (sulfide) groups is 1. The van der Waals surface area contributed by atoms with E-state index >= 15 is 0 Å². The van der Waals surface area contributed by atoms with E-state index in [1.54, 1.807) is 18.4 Å². The van der Waals surface area contributed by atoms with Crippen LogP contribution in [0, 0.1) is 5.82 Å². The van der Waals surface area contributed by atoms with Gasteiger partial charge in [-0.1, -0.05) is 23.9 Å². The molecule has 1 amide bonds. The Balaban J connectivity index is 1.20. The van der Waals surface area contributed by atoms with Gasteiger partial charge in [-0.3, -0.25) is 9.20 Å². The monoisotopic (exact) mass is 488 g/mol. The fraction of sp³-hybridized carbons (Fsp3) is 0.200. The average molecular weight is 489 g/mol. The Bertz CT molecular complexity index is 1490. The summed E-state index contributed by atoms with van der Waals surface area (Å²) >= 11 is 1.34. The summed E-state index contributed by atoms with van der Waals surface area (Å²) in [6.45, 7) is 2.63. The van der Waals surface area contributed by atoms with Crippen molar-refractivity contribution in [3.63, 3.8) is 0 Å². The third kappa shape index (κ3) is 4.10. The summed E-state index contributed by atoms with van der Waals surface area (Å²) in [7, 11) is 0. The van der Waals surface area contributed by atoms with Gasteiger partial charge >= 0.3 is 0 Å². The lowest BCUT2D eigenvalue weighted by Crippen LogP contribution is -2.49. The number of anilines is 1. The molecule has 0 atom stereocenters. The highest BCUT2D eigenvalue weighted by Crippen LogP contribution is 2.29. The smallest absolute Gasteiger partial charge is 0.233 e. The van der Waals surface area contributed by atoms with E-state index < -0.39 is 0 Å². The van der Waals surface area contributed by atoms with Crippen LogP contribution in [0.25, 0.3) is 28.1 Å². The summed E-state index contributed by atoms with van der Waals surface area (Å²) in [6, 6.07) is 17.9. The number of carbonyl (C=O) groups is 1. The standard InChI is InChI=1S/C25H21FN6O2S/c26-17-7-9-18(10-8-17)30-11-13-31(14-12-30)22(33)16-35-25-29-28-23-19-4-1-2-5-20(19)27-24(32(23)25)21-6-3-15-34-21/h1-10,15H,11-14,16H2. The molecule has 3 aromatic heterocycles. The molecule has 1 aliphatic rings. The maximum Gasteiger partial charge on any atom is 0.233 e. The molecule has 0 aliphatic carbocycles. The van der Waals surface area contributed by atoms with Gasteiger partial charge in [-0.05, 0) is 48.5 Å². The van der Waals surface area contributed by atoms with Crippen LogP contribution in [0.3, 0.4) is 0 Å². The molecule has 2 aromatic carbocycles. The normalized spacial score (nSPS) is 14.2. The molecule has 10 heteroatoms.